The summed E-state index contributed by atoms with van der Waals surface area (Å²) in [7, 11) is 3.08. The number of methoxy groups -OCH3 is 2. The fourth-order valence-corrected chi connectivity index (χ4v) is 2.45. The van der Waals surface area contributed by atoms with E-state index in [1.807, 2.05) is 0 Å². The van der Waals surface area contributed by atoms with Crippen LogP contribution in [0.4, 0.5) is 4.39 Å². The normalized spacial score (nSPS) is 11.4. The number of ether oxygens (including phenoxy) is 2. The van der Waals surface area contributed by atoms with Gasteiger partial charge in [-0.25, -0.2) is 4.39 Å². The number of rotatable bonds is 7. The van der Waals surface area contributed by atoms with Crippen LogP contribution in [0.3, 0.4) is 0 Å². The molecule has 0 radical (unpaired) electrons. The van der Waals surface area contributed by atoms with Gasteiger partial charge < -0.3 is 20.1 Å². The molecule has 138 valence electrons. The third kappa shape index (κ3) is 4.72. The summed E-state index contributed by atoms with van der Waals surface area (Å²) in [5.41, 5.74) is 0.628. The summed E-state index contributed by atoms with van der Waals surface area (Å²) in [5, 5.41) is 5.16. The van der Waals surface area contributed by atoms with E-state index in [-0.39, 0.29) is 18.2 Å². The molecule has 0 aromatic heterocycles. The van der Waals surface area contributed by atoms with Crippen LogP contribution in [0.1, 0.15) is 28.9 Å². The van der Waals surface area contributed by atoms with Gasteiger partial charge in [0.2, 0.25) is 5.91 Å². The fraction of sp³-hybridized carbons (Fsp3) is 0.263. The minimum absolute atomic E-state index is 0.109. The molecule has 0 saturated heterocycles. The quantitative estimate of drug-likeness (QED) is 0.795. The molecule has 2 aromatic rings. The number of amides is 2. The highest BCUT2D eigenvalue weighted by Gasteiger charge is 2.17. The molecule has 2 rings (SSSR count). The Kier molecular flexibility index (Phi) is 6.54. The molecule has 0 fully saturated rings. The van der Waals surface area contributed by atoms with Gasteiger partial charge in [-0.15, -0.1) is 0 Å². The Balaban J connectivity index is 1.97. The first-order valence-electron chi connectivity index (χ1n) is 8.00. The second kappa shape index (κ2) is 8.84. The molecule has 0 spiro atoms. The molecule has 0 bridgehead atoms. The van der Waals surface area contributed by atoms with E-state index < -0.39 is 17.6 Å². The highest BCUT2D eigenvalue weighted by molar-refractivity contribution is 5.96. The van der Waals surface area contributed by atoms with Crippen molar-refractivity contribution in [3.05, 3.63) is 59.4 Å². The summed E-state index contributed by atoms with van der Waals surface area (Å²) in [6.07, 6.45) is 0. The third-order valence-electron chi connectivity index (χ3n) is 3.81. The van der Waals surface area contributed by atoms with Crippen LogP contribution < -0.4 is 20.1 Å². The predicted octanol–water partition coefficient (Wildman–Crippen LogP) is 2.45. The number of carbonyl (C=O) groups excluding carboxylic acids is 2. The number of halogens is 1. The van der Waals surface area contributed by atoms with E-state index in [1.54, 1.807) is 38.3 Å². The average molecular weight is 360 g/mol. The lowest BCUT2D eigenvalue weighted by Gasteiger charge is -2.18. The zero-order valence-corrected chi connectivity index (χ0v) is 14.8. The summed E-state index contributed by atoms with van der Waals surface area (Å²) in [6.45, 7) is 1.51. The summed E-state index contributed by atoms with van der Waals surface area (Å²) < 4.78 is 24.0. The van der Waals surface area contributed by atoms with Crippen molar-refractivity contribution in [1.82, 2.24) is 10.6 Å². The van der Waals surface area contributed by atoms with Crippen molar-refractivity contribution in [3.63, 3.8) is 0 Å². The van der Waals surface area contributed by atoms with Gasteiger partial charge in [0.25, 0.3) is 5.91 Å². The Morgan fingerprint density at radius 3 is 2.50 bits per heavy atom. The van der Waals surface area contributed by atoms with Crippen molar-refractivity contribution in [2.45, 2.75) is 13.0 Å². The monoisotopic (exact) mass is 360 g/mol. The molecule has 7 heteroatoms. The standard InChI is InChI=1S/C19H21FN2O4/c1-12(15-10-13(25-2)8-9-17(15)26-3)22-18(23)11-21-19(24)14-6-4-5-7-16(14)20/h4-10,12H,11H2,1-3H3,(H,21,24)(H,22,23). The van der Waals surface area contributed by atoms with Gasteiger partial charge in [0, 0.05) is 5.56 Å². The van der Waals surface area contributed by atoms with Crippen molar-refractivity contribution >= 4 is 11.8 Å². The third-order valence-corrected chi connectivity index (χ3v) is 3.81. The highest BCUT2D eigenvalue weighted by Crippen LogP contribution is 2.29. The van der Waals surface area contributed by atoms with Gasteiger partial charge in [-0.2, -0.15) is 0 Å². The molecule has 0 aliphatic carbocycles. The zero-order chi connectivity index (χ0) is 19.1. The minimum atomic E-state index is -0.648. The number of carbonyl (C=O) groups is 2. The largest absolute Gasteiger partial charge is 0.497 e. The molecule has 2 amide bonds. The predicted molar refractivity (Wildman–Crippen MR) is 94.8 cm³/mol. The number of benzene rings is 2. The second-order valence-corrected chi connectivity index (χ2v) is 5.56. The maximum Gasteiger partial charge on any atom is 0.254 e. The van der Waals surface area contributed by atoms with E-state index in [0.29, 0.717) is 11.5 Å². The summed E-state index contributed by atoms with van der Waals surface area (Å²) in [6, 6.07) is 10.5. The molecule has 0 aliphatic heterocycles. The second-order valence-electron chi connectivity index (χ2n) is 5.56. The number of hydrogen-bond acceptors (Lipinski definition) is 4. The van der Waals surface area contributed by atoms with Crippen LogP contribution in [-0.2, 0) is 4.79 Å². The summed E-state index contributed by atoms with van der Waals surface area (Å²) in [5.74, 6) is -0.458. The topological polar surface area (TPSA) is 76.7 Å². The van der Waals surface area contributed by atoms with Gasteiger partial charge in [0.15, 0.2) is 0 Å². The Labute approximate surface area is 151 Å². The fourth-order valence-electron chi connectivity index (χ4n) is 2.45. The summed E-state index contributed by atoms with van der Waals surface area (Å²) in [4.78, 5) is 24.1. The van der Waals surface area contributed by atoms with E-state index >= 15 is 0 Å². The van der Waals surface area contributed by atoms with Gasteiger partial charge in [-0.1, -0.05) is 12.1 Å². The molecule has 2 aromatic carbocycles. The van der Waals surface area contributed by atoms with E-state index in [4.69, 9.17) is 9.47 Å². The number of nitrogens with one attached hydrogen (secondary N) is 2. The highest BCUT2D eigenvalue weighted by atomic mass is 19.1. The lowest BCUT2D eigenvalue weighted by molar-refractivity contribution is -0.120. The van der Waals surface area contributed by atoms with Crippen LogP contribution in [0.5, 0.6) is 11.5 Å². The summed E-state index contributed by atoms with van der Waals surface area (Å²) >= 11 is 0. The molecule has 0 aliphatic rings. The zero-order valence-electron chi connectivity index (χ0n) is 14.8. The van der Waals surface area contributed by atoms with Crippen molar-refractivity contribution in [2.24, 2.45) is 0 Å². The smallest absolute Gasteiger partial charge is 0.254 e. The molecule has 1 atom stereocenters. The first kappa shape index (κ1) is 19.2. The lowest BCUT2D eigenvalue weighted by atomic mass is 10.1. The van der Waals surface area contributed by atoms with Gasteiger partial charge >= 0.3 is 0 Å². The van der Waals surface area contributed by atoms with Crippen LogP contribution in [0.25, 0.3) is 0 Å². The van der Waals surface area contributed by atoms with E-state index in [1.165, 1.54) is 25.3 Å². The molecule has 1 unspecified atom stereocenters. The Bertz CT molecular complexity index is 795. The molecule has 0 saturated carbocycles. The van der Waals surface area contributed by atoms with Crippen molar-refractivity contribution in [1.29, 1.82) is 0 Å². The molecular weight excluding hydrogens is 339 g/mol. The maximum absolute atomic E-state index is 13.6. The Morgan fingerprint density at radius 1 is 1.12 bits per heavy atom. The lowest BCUT2D eigenvalue weighted by Crippen LogP contribution is -2.38. The van der Waals surface area contributed by atoms with Gasteiger partial charge in [-0.05, 0) is 37.3 Å². The van der Waals surface area contributed by atoms with Crippen molar-refractivity contribution in [2.75, 3.05) is 20.8 Å². The maximum atomic E-state index is 13.6. The van der Waals surface area contributed by atoms with Gasteiger partial charge in [0.1, 0.15) is 17.3 Å². The molecule has 0 heterocycles. The average Bonchev–Trinajstić information content (AvgIpc) is 2.65. The number of hydrogen-bond donors (Lipinski definition) is 2. The molecule has 2 N–H and O–H groups in total. The van der Waals surface area contributed by atoms with Crippen LogP contribution in [-0.4, -0.2) is 32.6 Å². The van der Waals surface area contributed by atoms with E-state index in [2.05, 4.69) is 10.6 Å². The molecule has 6 nitrogen and oxygen atoms in total. The van der Waals surface area contributed by atoms with Crippen LogP contribution in [0.2, 0.25) is 0 Å². The van der Waals surface area contributed by atoms with Crippen molar-refractivity contribution in [3.8, 4) is 11.5 Å². The van der Waals surface area contributed by atoms with Crippen LogP contribution >= 0.6 is 0 Å². The Hall–Kier alpha value is -3.09. The van der Waals surface area contributed by atoms with Crippen molar-refractivity contribution < 1.29 is 23.5 Å². The SMILES string of the molecule is COc1ccc(OC)c(C(C)NC(=O)CNC(=O)c2ccccc2F)c1. The molecular formula is C19H21FN2O4. The van der Waals surface area contributed by atoms with Crippen LogP contribution in [0.15, 0.2) is 42.5 Å². The van der Waals surface area contributed by atoms with E-state index in [0.717, 1.165) is 5.56 Å². The molecule has 26 heavy (non-hydrogen) atoms. The van der Waals surface area contributed by atoms with Crippen LogP contribution in [0, 0.1) is 5.82 Å². The minimum Gasteiger partial charge on any atom is -0.497 e. The first-order valence-corrected chi connectivity index (χ1v) is 8.00. The Morgan fingerprint density at radius 2 is 1.85 bits per heavy atom. The first-order chi connectivity index (χ1) is 12.5. The van der Waals surface area contributed by atoms with E-state index in [9.17, 15) is 14.0 Å². The van der Waals surface area contributed by atoms with Gasteiger partial charge in [-0.3, -0.25) is 9.59 Å². The van der Waals surface area contributed by atoms with Gasteiger partial charge in [0.05, 0.1) is 32.4 Å².